The van der Waals surface area contributed by atoms with Gasteiger partial charge in [-0.15, -0.1) is 11.8 Å². The van der Waals surface area contributed by atoms with E-state index in [-0.39, 0.29) is 11.2 Å². The quantitative estimate of drug-likeness (QED) is 0.389. The average molecular weight is 412 g/mol. The third kappa shape index (κ3) is 3.63. The number of hydrogen-bond donors (Lipinski definition) is 1. The minimum Gasteiger partial charge on any atom is -0.456 e. The van der Waals surface area contributed by atoms with Crippen molar-refractivity contribution in [2.75, 3.05) is 6.26 Å². The number of hydrogen-bond acceptors (Lipinski definition) is 3. The van der Waals surface area contributed by atoms with Crippen LogP contribution in [0.5, 0.6) is 11.5 Å². The van der Waals surface area contributed by atoms with Gasteiger partial charge in [0.15, 0.2) is 5.43 Å². The second-order valence-electron chi connectivity index (χ2n) is 6.13. The minimum atomic E-state index is -0.498. The highest BCUT2D eigenvalue weighted by atomic mass is 35.5. The molecule has 0 radical (unpaired) electrons. The molecule has 3 nitrogen and oxygen atoms in total. The molecule has 0 bridgehead atoms. The number of ether oxygens (including phenoxy) is 1. The Kier molecular flexibility index (Phi) is 5.11. The van der Waals surface area contributed by atoms with Gasteiger partial charge in [0, 0.05) is 27.6 Å². The Bertz CT molecular complexity index is 1220. The highest BCUT2D eigenvalue weighted by molar-refractivity contribution is 7.98. The van der Waals surface area contributed by atoms with Gasteiger partial charge in [0.05, 0.1) is 16.6 Å². The fourth-order valence-corrected chi connectivity index (χ4v) is 3.78. The Hall–Kier alpha value is -2.76. The van der Waals surface area contributed by atoms with Gasteiger partial charge in [0.2, 0.25) is 0 Å². The number of aromatic nitrogens is 1. The zero-order chi connectivity index (χ0) is 19.7. The highest BCUT2D eigenvalue weighted by Crippen LogP contribution is 2.32. The molecule has 0 aliphatic carbocycles. The predicted molar refractivity (Wildman–Crippen MR) is 113 cm³/mol. The largest absolute Gasteiger partial charge is 0.456 e. The molecular weight excluding hydrogens is 397 g/mol. The molecule has 4 rings (SSSR count). The monoisotopic (exact) mass is 411 g/mol. The number of aromatic amines is 1. The van der Waals surface area contributed by atoms with Gasteiger partial charge < -0.3 is 9.72 Å². The Morgan fingerprint density at radius 3 is 2.54 bits per heavy atom. The maximum absolute atomic E-state index is 14.2. The molecule has 0 amide bonds. The predicted octanol–water partition coefficient (Wildman–Crippen LogP) is 6.50. The van der Waals surface area contributed by atoms with E-state index in [1.54, 1.807) is 36.0 Å². The Morgan fingerprint density at radius 1 is 1.04 bits per heavy atom. The van der Waals surface area contributed by atoms with Crippen molar-refractivity contribution in [3.8, 4) is 22.8 Å². The van der Waals surface area contributed by atoms with Crippen molar-refractivity contribution in [3.63, 3.8) is 0 Å². The number of H-pyrrole nitrogens is 1. The fourth-order valence-electron chi connectivity index (χ4n) is 3.04. The van der Waals surface area contributed by atoms with Gasteiger partial charge in [-0.25, -0.2) is 4.39 Å². The first-order valence-corrected chi connectivity index (χ1v) is 10.1. The number of halogens is 2. The van der Waals surface area contributed by atoms with Crippen LogP contribution in [-0.4, -0.2) is 11.2 Å². The minimum absolute atomic E-state index is 0.156. The van der Waals surface area contributed by atoms with Gasteiger partial charge in [-0.2, -0.15) is 0 Å². The molecule has 1 heterocycles. The lowest BCUT2D eigenvalue weighted by Crippen LogP contribution is -2.05. The van der Waals surface area contributed by atoms with E-state index in [1.807, 2.05) is 30.5 Å². The normalized spacial score (nSPS) is 11.0. The highest BCUT2D eigenvalue weighted by Gasteiger charge is 2.14. The van der Waals surface area contributed by atoms with Crippen LogP contribution in [0.4, 0.5) is 4.39 Å². The standard InChI is InChI=1S/C22H15ClFNO2S/c1-28-21-5-3-2-4-16(21)17-12-19(26)22-18(25-17)10-14(24)11-20(22)27-15-8-6-13(23)7-9-15/h2-12H,1H3,(H,25,26). The van der Waals surface area contributed by atoms with Crippen LogP contribution in [-0.2, 0) is 0 Å². The molecule has 28 heavy (non-hydrogen) atoms. The van der Waals surface area contributed by atoms with Gasteiger partial charge in [0.25, 0.3) is 0 Å². The molecule has 1 N–H and O–H groups in total. The maximum Gasteiger partial charge on any atom is 0.193 e. The molecule has 4 aromatic rings. The molecule has 0 unspecified atom stereocenters. The number of thioether (sulfide) groups is 1. The van der Waals surface area contributed by atoms with E-state index in [9.17, 15) is 9.18 Å². The average Bonchev–Trinajstić information content (AvgIpc) is 2.69. The molecule has 6 heteroatoms. The van der Waals surface area contributed by atoms with Crippen LogP contribution in [0.25, 0.3) is 22.2 Å². The third-order valence-electron chi connectivity index (χ3n) is 4.30. The van der Waals surface area contributed by atoms with E-state index >= 15 is 0 Å². The smallest absolute Gasteiger partial charge is 0.193 e. The summed E-state index contributed by atoms with van der Waals surface area (Å²) in [5.41, 5.74) is 1.65. The number of nitrogens with one attached hydrogen (secondary N) is 1. The summed E-state index contributed by atoms with van der Waals surface area (Å²) in [5.74, 6) is 0.123. The number of benzene rings is 3. The summed E-state index contributed by atoms with van der Waals surface area (Å²) in [6.45, 7) is 0. The molecule has 0 atom stereocenters. The first-order valence-electron chi connectivity index (χ1n) is 8.48. The molecule has 0 aliphatic rings. The van der Waals surface area contributed by atoms with Crippen molar-refractivity contribution in [2.45, 2.75) is 4.90 Å². The Labute approximate surface area is 170 Å². The summed E-state index contributed by atoms with van der Waals surface area (Å²) in [4.78, 5) is 17.1. The first kappa shape index (κ1) is 18.6. The third-order valence-corrected chi connectivity index (χ3v) is 5.34. The summed E-state index contributed by atoms with van der Waals surface area (Å²) < 4.78 is 20.0. The lowest BCUT2D eigenvalue weighted by atomic mass is 10.1. The number of fused-ring (bicyclic) bond motifs is 1. The van der Waals surface area contributed by atoms with Gasteiger partial charge in [-0.05, 0) is 42.7 Å². The van der Waals surface area contributed by atoms with Gasteiger partial charge >= 0.3 is 0 Å². The van der Waals surface area contributed by atoms with Crippen molar-refractivity contribution in [3.05, 3.63) is 87.8 Å². The van der Waals surface area contributed by atoms with E-state index in [0.29, 0.717) is 27.4 Å². The molecule has 0 saturated carbocycles. The van der Waals surface area contributed by atoms with E-state index in [4.69, 9.17) is 16.3 Å². The van der Waals surface area contributed by atoms with Crippen LogP contribution >= 0.6 is 23.4 Å². The van der Waals surface area contributed by atoms with Crippen molar-refractivity contribution < 1.29 is 9.13 Å². The molecule has 1 aromatic heterocycles. The van der Waals surface area contributed by atoms with Gasteiger partial charge in [-0.1, -0.05) is 29.8 Å². The van der Waals surface area contributed by atoms with Crippen LogP contribution in [0.3, 0.4) is 0 Å². The molecule has 0 spiro atoms. The van der Waals surface area contributed by atoms with E-state index in [0.717, 1.165) is 10.5 Å². The van der Waals surface area contributed by atoms with Gasteiger partial charge in [-0.3, -0.25) is 4.79 Å². The van der Waals surface area contributed by atoms with Crippen LogP contribution in [0.1, 0.15) is 0 Å². The fraction of sp³-hybridized carbons (Fsp3) is 0.0455. The topological polar surface area (TPSA) is 42.1 Å². The molecule has 140 valence electrons. The van der Waals surface area contributed by atoms with Crippen molar-refractivity contribution in [1.82, 2.24) is 4.98 Å². The Balaban J connectivity index is 1.87. The summed E-state index contributed by atoms with van der Waals surface area (Å²) in [6, 6.07) is 18.4. The van der Waals surface area contributed by atoms with Crippen molar-refractivity contribution >= 4 is 34.3 Å². The number of pyridine rings is 1. The van der Waals surface area contributed by atoms with E-state index in [1.165, 1.54) is 18.2 Å². The lowest BCUT2D eigenvalue weighted by Gasteiger charge is -2.12. The van der Waals surface area contributed by atoms with E-state index < -0.39 is 5.82 Å². The first-order chi connectivity index (χ1) is 13.5. The Morgan fingerprint density at radius 2 is 1.79 bits per heavy atom. The summed E-state index contributed by atoms with van der Waals surface area (Å²) in [7, 11) is 0. The summed E-state index contributed by atoms with van der Waals surface area (Å²) in [5, 5.41) is 0.855. The SMILES string of the molecule is CSc1ccccc1-c1cc(=O)c2c(Oc3ccc(Cl)cc3)cc(F)cc2[nH]1. The zero-order valence-corrected chi connectivity index (χ0v) is 16.4. The van der Waals surface area contributed by atoms with Crippen LogP contribution < -0.4 is 10.2 Å². The van der Waals surface area contributed by atoms with Crippen molar-refractivity contribution in [1.29, 1.82) is 0 Å². The summed E-state index contributed by atoms with van der Waals surface area (Å²) in [6.07, 6.45) is 1.97. The van der Waals surface area contributed by atoms with Crippen LogP contribution in [0.2, 0.25) is 5.02 Å². The van der Waals surface area contributed by atoms with Crippen LogP contribution in [0, 0.1) is 5.82 Å². The zero-order valence-electron chi connectivity index (χ0n) is 14.8. The van der Waals surface area contributed by atoms with E-state index in [2.05, 4.69) is 4.98 Å². The molecule has 0 aliphatic heterocycles. The lowest BCUT2D eigenvalue weighted by molar-refractivity contribution is 0.482. The second-order valence-corrected chi connectivity index (χ2v) is 7.41. The second kappa shape index (κ2) is 7.70. The van der Waals surface area contributed by atoms with Crippen LogP contribution in [0.15, 0.2) is 76.4 Å². The molecule has 0 saturated heterocycles. The summed E-state index contributed by atoms with van der Waals surface area (Å²) >= 11 is 7.47. The van der Waals surface area contributed by atoms with Crippen molar-refractivity contribution in [2.24, 2.45) is 0 Å². The maximum atomic E-state index is 14.2. The molecule has 3 aromatic carbocycles. The number of rotatable bonds is 4. The molecule has 0 fully saturated rings. The van der Waals surface area contributed by atoms with Gasteiger partial charge in [0.1, 0.15) is 17.3 Å². The molecular formula is C22H15ClFNO2S.